The van der Waals surface area contributed by atoms with E-state index in [0.717, 1.165) is 24.2 Å². The minimum absolute atomic E-state index is 0.00167. The minimum atomic E-state index is -0.00167. The molecule has 106 valence electrons. The molecule has 2 rings (SSSR count). The summed E-state index contributed by atoms with van der Waals surface area (Å²) in [5.41, 5.74) is 1.86. The standard InChI is InChI=1S/C17H19Cl2N/c1-13(2)9-10-16(20-11-4-3-5-12-20)14-7-6-8-15(18)17(14)19/h6-8,16H,1,3-5,11-12H2,2H3. The summed E-state index contributed by atoms with van der Waals surface area (Å²) in [6.07, 6.45) is 3.72. The van der Waals surface area contributed by atoms with Crippen LogP contribution in [0.4, 0.5) is 0 Å². The molecule has 3 heteroatoms. The summed E-state index contributed by atoms with van der Waals surface area (Å²) in [5, 5.41) is 1.20. The van der Waals surface area contributed by atoms with Gasteiger partial charge in [0.1, 0.15) is 0 Å². The molecule has 1 aromatic rings. The highest BCUT2D eigenvalue weighted by Crippen LogP contribution is 2.33. The Morgan fingerprint density at radius 1 is 1.25 bits per heavy atom. The zero-order chi connectivity index (χ0) is 14.5. The van der Waals surface area contributed by atoms with Gasteiger partial charge in [0.05, 0.1) is 16.1 Å². The molecular weight excluding hydrogens is 289 g/mol. The highest BCUT2D eigenvalue weighted by Gasteiger charge is 2.23. The molecule has 0 N–H and O–H groups in total. The number of hydrogen-bond acceptors (Lipinski definition) is 1. The number of nitrogens with zero attached hydrogens (tertiary/aromatic N) is 1. The van der Waals surface area contributed by atoms with Crippen LogP contribution in [-0.4, -0.2) is 18.0 Å². The fourth-order valence-corrected chi connectivity index (χ4v) is 2.88. The number of halogens is 2. The average molecular weight is 308 g/mol. The molecule has 20 heavy (non-hydrogen) atoms. The number of piperidine rings is 1. The number of rotatable bonds is 2. The topological polar surface area (TPSA) is 3.24 Å². The molecule has 0 aliphatic carbocycles. The predicted molar refractivity (Wildman–Crippen MR) is 87.2 cm³/mol. The molecule has 1 unspecified atom stereocenters. The van der Waals surface area contributed by atoms with E-state index in [1.54, 1.807) is 0 Å². The van der Waals surface area contributed by atoms with Gasteiger partial charge in [0.25, 0.3) is 0 Å². The maximum Gasteiger partial charge on any atom is 0.0989 e. The van der Waals surface area contributed by atoms with Gasteiger partial charge in [0.2, 0.25) is 0 Å². The van der Waals surface area contributed by atoms with Crippen LogP contribution in [0.1, 0.15) is 37.8 Å². The second-order valence-electron chi connectivity index (χ2n) is 5.19. The Labute approximate surface area is 131 Å². The van der Waals surface area contributed by atoms with Crippen molar-refractivity contribution in [2.75, 3.05) is 13.1 Å². The van der Waals surface area contributed by atoms with Crippen LogP contribution in [0.15, 0.2) is 30.4 Å². The summed E-state index contributed by atoms with van der Waals surface area (Å²) in [6, 6.07) is 5.76. The van der Waals surface area contributed by atoms with Crippen LogP contribution >= 0.6 is 23.2 Å². The maximum absolute atomic E-state index is 6.37. The van der Waals surface area contributed by atoms with Crippen LogP contribution in [0, 0.1) is 11.8 Å². The lowest BCUT2D eigenvalue weighted by molar-refractivity contribution is 0.197. The highest BCUT2D eigenvalue weighted by atomic mass is 35.5. The Morgan fingerprint density at radius 3 is 2.60 bits per heavy atom. The third kappa shape index (κ3) is 3.79. The monoisotopic (exact) mass is 307 g/mol. The molecule has 0 saturated carbocycles. The van der Waals surface area contributed by atoms with Gasteiger partial charge in [-0.25, -0.2) is 0 Å². The lowest BCUT2D eigenvalue weighted by Gasteiger charge is -2.32. The fourth-order valence-electron chi connectivity index (χ4n) is 2.47. The Morgan fingerprint density at radius 2 is 1.95 bits per heavy atom. The Balaban J connectivity index is 2.37. The van der Waals surface area contributed by atoms with E-state index in [9.17, 15) is 0 Å². The third-order valence-electron chi connectivity index (χ3n) is 3.45. The van der Waals surface area contributed by atoms with Crippen molar-refractivity contribution in [3.05, 3.63) is 46.0 Å². The minimum Gasteiger partial charge on any atom is -0.286 e. The van der Waals surface area contributed by atoms with Gasteiger partial charge in [-0.2, -0.15) is 0 Å². The van der Waals surface area contributed by atoms with Gasteiger partial charge >= 0.3 is 0 Å². The van der Waals surface area contributed by atoms with E-state index in [2.05, 4.69) is 23.3 Å². The van der Waals surface area contributed by atoms with Gasteiger partial charge in [0, 0.05) is 5.56 Å². The van der Waals surface area contributed by atoms with Gasteiger partial charge in [0.15, 0.2) is 0 Å². The van der Waals surface area contributed by atoms with Crippen LogP contribution in [0.25, 0.3) is 0 Å². The fraction of sp³-hybridized carbons (Fsp3) is 0.412. The second-order valence-corrected chi connectivity index (χ2v) is 5.98. The van der Waals surface area contributed by atoms with Crippen molar-refractivity contribution >= 4 is 23.2 Å². The van der Waals surface area contributed by atoms with Crippen LogP contribution < -0.4 is 0 Å². The lowest BCUT2D eigenvalue weighted by atomic mass is 10.0. The molecule has 1 aliphatic rings. The average Bonchev–Trinajstić information content (AvgIpc) is 2.44. The smallest absolute Gasteiger partial charge is 0.0989 e. The molecule has 0 bridgehead atoms. The van der Waals surface area contributed by atoms with E-state index in [-0.39, 0.29) is 6.04 Å². The van der Waals surface area contributed by atoms with Gasteiger partial charge < -0.3 is 0 Å². The number of likely N-dealkylation sites (tertiary alicyclic amines) is 1. The molecule has 0 spiro atoms. The largest absolute Gasteiger partial charge is 0.286 e. The van der Waals surface area contributed by atoms with Crippen LogP contribution in [-0.2, 0) is 0 Å². The number of allylic oxidation sites excluding steroid dienone is 1. The molecule has 1 aliphatic heterocycles. The Bertz CT molecular complexity index is 548. The molecule has 0 radical (unpaired) electrons. The summed E-state index contributed by atoms with van der Waals surface area (Å²) in [7, 11) is 0. The molecule has 0 aromatic heterocycles. The van der Waals surface area contributed by atoms with Crippen LogP contribution in [0.5, 0.6) is 0 Å². The zero-order valence-electron chi connectivity index (χ0n) is 11.8. The maximum atomic E-state index is 6.37. The van der Waals surface area contributed by atoms with Gasteiger partial charge in [-0.05, 0) is 44.5 Å². The zero-order valence-corrected chi connectivity index (χ0v) is 13.3. The van der Waals surface area contributed by atoms with Gasteiger partial charge in [-0.15, -0.1) is 0 Å². The Kier molecular flexibility index (Phi) is 5.54. The van der Waals surface area contributed by atoms with Crippen molar-refractivity contribution in [2.45, 2.75) is 32.2 Å². The second kappa shape index (κ2) is 7.18. The molecule has 0 amide bonds. The molecule has 1 heterocycles. The van der Waals surface area contributed by atoms with Crippen LogP contribution in [0.2, 0.25) is 10.0 Å². The predicted octanol–water partition coefficient (Wildman–Crippen LogP) is 5.10. The summed E-state index contributed by atoms with van der Waals surface area (Å²) in [6.45, 7) is 7.88. The van der Waals surface area contributed by atoms with Gasteiger partial charge in [-0.1, -0.05) is 60.2 Å². The van der Waals surface area contributed by atoms with E-state index in [0.29, 0.717) is 10.0 Å². The highest BCUT2D eigenvalue weighted by molar-refractivity contribution is 6.42. The van der Waals surface area contributed by atoms with E-state index in [4.69, 9.17) is 23.2 Å². The molecule has 1 fully saturated rings. The lowest BCUT2D eigenvalue weighted by Crippen LogP contribution is -2.33. The summed E-state index contributed by atoms with van der Waals surface area (Å²) >= 11 is 12.5. The first-order valence-electron chi connectivity index (χ1n) is 6.94. The van der Waals surface area contributed by atoms with E-state index in [1.165, 1.54) is 19.3 Å². The van der Waals surface area contributed by atoms with E-state index >= 15 is 0 Å². The van der Waals surface area contributed by atoms with Crippen molar-refractivity contribution in [3.63, 3.8) is 0 Å². The van der Waals surface area contributed by atoms with Crippen molar-refractivity contribution in [2.24, 2.45) is 0 Å². The van der Waals surface area contributed by atoms with Crippen molar-refractivity contribution in [1.29, 1.82) is 0 Å². The van der Waals surface area contributed by atoms with Crippen molar-refractivity contribution in [1.82, 2.24) is 4.90 Å². The molecular formula is C17H19Cl2N. The van der Waals surface area contributed by atoms with Crippen molar-refractivity contribution < 1.29 is 0 Å². The summed E-state index contributed by atoms with van der Waals surface area (Å²) in [5.74, 6) is 6.41. The van der Waals surface area contributed by atoms with Crippen LogP contribution in [0.3, 0.4) is 0 Å². The quantitative estimate of drug-likeness (QED) is 0.687. The molecule has 1 nitrogen and oxygen atoms in total. The first kappa shape index (κ1) is 15.4. The third-order valence-corrected chi connectivity index (χ3v) is 4.29. The first-order chi connectivity index (χ1) is 9.59. The molecule has 1 aromatic carbocycles. The normalized spacial score (nSPS) is 17.1. The number of hydrogen-bond donors (Lipinski definition) is 0. The summed E-state index contributed by atoms with van der Waals surface area (Å²) < 4.78 is 0. The molecule has 1 atom stereocenters. The van der Waals surface area contributed by atoms with Crippen molar-refractivity contribution in [3.8, 4) is 11.8 Å². The molecule has 1 saturated heterocycles. The van der Waals surface area contributed by atoms with E-state index in [1.807, 2.05) is 25.1 Å². The Hall–Kier alpha value is -0.940. The van der Waals surface area contributed by atoms with E-state index < -0.39 is 0 Å². The first-order valence-corrected chi connectivity index (χ1v) is 7.70. The van der Waals surface area contributed by atoms with Gasteiger partial charge in [-0.3, -0.25) is 4.90 Å². The number of benzene rings is 1. The summed E-state index contributed by atoms with van der Waals surface area (Å²) in [4.78, 5) is 2.39. The SMILES string of the molecule is C=C(C)C#CC(c1cccc(Cl)c1Cl)N1CCCCC1.